The Morgan fingerprint density at radius 3 is 2.50 bits per heavy atom. The van der Waals surface area contributed by atoms with E-state index in [1.807, 2.05) is 30.3 Å². The Morgan fingerprint density at radius 1 is 1.17 bits per heavy atom. The second-order valence-electron chi connectivity index (χ2n) is 5.89. The lowest BCUT2D eigenvalue weighted by molar-refractivity contribution is -0.121. The summed E-state index contributed by atoms with van der Waals surface area (Å²) in [7, 11) is 1.57. The zero-order valence-corrected chi connectivity index (χ0v) is 14.4. The first-order chi connectivity index (χ1) is 11.7. The van der Waals surface area contributed by atoms with Crippen LogP contribution in [0.3, 0.4) is 0 Å². The second-order valence-corrected chi connectivity index (χ2v) is 6.30. The Morgan fingerprint density at radius 2 is 1.88 bits per heavy atom. The number of anilines is 1. The Kier molecular flexibility index (Phi) is 5.38. The van der Waals surface area contributed by atoms with E-state index in [0.29, 0.717) is 16.5 Å². The molecule has 3 rings (SSSR count). The number of hydrogen-bond donors (Lipinski definition) is 1. The van der Waals surface area contributed by atoms with Crippen LogP contribution < -0.4 is 10.1 Å². The van der Waals surface area contributed by atoms with Gasteiger partial charge in [-0.05, 0) is 49.7 Å². The lowest BCUT2D eigenvalue weighted by Gasteiger charge is -2.27. The van der Waals surface area contributed by atoms with Crippen LogP contribution in [0.1, 0.15) is 24.4 Å². The van der Waals surface area contributed by atoms with E-state index in [-0.39, 0.29) is 11.9 Å². The largest absolute Gasteiger partial charge is 0.495 e. The zero-order valence-electron chi connectivity index (χ0n) is 13.7. The molecule has 1 saturated heterocycles. The molecule has 0 aliphatic carbocycles. The smallest absolute Gasteiger partial charge is 0.246 e. The number of benzene rings is 2. The molecule has 1 amide bonds. The minimum absolute atomic E-state index is 0.0377. The summed E-state index contributed by atoms with van der Waals surface area (Å²) in [6, 6.07) is 14.9. The van der Waals surface area contributed by atoms with Gasteiger partial charge < -0.3 is 10.1 Å². The summed E-state index contributed by atoms with van der Waals surface area (Å²) < 4.78 is 5.15. The number of carbonyl (C=O) groups is 1. The maximum Gasteiger partial charge on any atom is 0.246 e. The lowest BCUT2D eigenvalue weighted by atomic mass is 10.0. The molecule has 0 saturated carbocycles. The molecule has 1 aliphatic rings. The van der Waals surface area contributed by atoms with Crippen molar-refractivity contribution in [1.29, 1.82) is 0 Å². The molecular formula is C19H21ClN2O2. The molecule has 0 spiro atoms. The molecule has 0 radical (unpaired) electrons. The Labute approximate surface area is 147 Å². The minimum atomic E-state index is -0.283. The summed E-state index contributed by atoms with van der Waals surface area (Å²) in [5, 5.41) is 3.47. The van der Waals surface area contributed by atoms with E-state index in [1.54, 1.807) is 25.3 Å². The molecule has 2 aromatic carbocycles. The molecular weight excluding hydrogens is 324 g/mol. The molecule has 126 valence electrons. The van der Waals surface area contributed by atoms with Gasteiger partial charge in [-0.25, -0.2) is 0 Å². The van der Waals surface area contributed by atoms with Gasteiger partial charge in [-0.3, -0.25) is 9.69 Å². The van der Waals surface area contributed by atoms with E-state index in [4.69, 9.17) is 16.3 Å². The van der Waals surface area contributed by atoms with Crippen molar-refractivity contribution in [3.63, 3.8) is 0 Å². The molecule has 2 aromatic rings. The van der Waals surface area contributed by atoms with Crippen LogP contribution in [0.5, 0.6) is 5.75 Å². The average molecular weight is 345 g/mol. The number of halogens is 1. The summed E-state index contributed by atoms with van der Waals surface area (Å²) in [6.07, 6.45) is 2.26. The van der Waals surface area contributed by atoms with Crippen molar-refractivity contribution < 1.29 is 9.53 Å². The quantitative estimate of drug-likeness (QED) is 0.887. The lowest BCUT2D eigenvalue weighted by Crippen LogP contribution is -2.35. The van der Waals surface area contributed by atoms with Crippen molar-refractivity contribution in [2.24, 2.45) is 0 Å². The molecule has 0 aromatic heterocycles. The number of ether oxygens (including phenoxy) is 1. The van der Waals surface area contributed by atoms with Gasteiger partial charge in [0.25, 0.3) is 0 Å². The van der Waals surface area contributed by atoms with Gasteiger partial charge in [0.05, 0.1) is 12.1 Å². The van der Waals surface area contributed by atoms with Gasteiger partial charge in [-0.1, -0.05) is 41.9 Å². The third kappa shape index (κ3) is 3.71. The van der Waals surface area contributed by atoms with Crippen LogP contribution >= 0.6 is 11.6 Å². The summed E-state index contributed by atoms with van der Waals surface area (Å²) in [5.41, 5.74) is 1.68. The molecule has 1 N–H and O–H groups in total. The number of hydrogen-bond acceptors (Lipinski definition) is 3. The Bertz CT molecular complexity index is 700. The highest BCUT2D eigenvalue weighted by Gasteiger charge is 2.29. The van der Waals surface area contributed by atoms with Crippen molar-refractivity contribution in [2.45, 2.75) is 18.9 Å². The molecule has 1 aliphatic heterocycles. The normalized spacial score (nSPS) is 15.9. The van der Waals surface area contributed by atoms with E-state index < -0.39 is 0 Å². The Balaban J connectivity index is 1.82. The highest BCUT2D eigenvalue weighted by molar-refractivity contribution is 6.32. The van der Waals surface area contributed by atoms with E-state index >= 15 is 0 Å². The molecule has 5 heteroatoms. The summed E-state index contributed by atoms with van der Waals surface area (Å²) in [5.74, 6) is 0.554. The monoisotopic (exact) mass is 344 g/mol. The fourth-order valence-corrected chi connectivity index (χ4v) is 3.38. The van der Waals surface area contributed by atoms with Crippen molar-refractivity contribution in [2.75, 3.05) is 25.5 Å². The first-order valence-corrected chi connectivity index (χ1v) is 8.50. The van der Waals surface area contributed by atoms with Crippen LogP contribution in [0.4, 0.5) is 5.69 Å². The molecule has 1 atom stereocenters. The predicted molar refractivity (Wildman–Crippen MR) is 96.6 cm³/mol. The number of amides is 1. The van der Waals surface area contributed by atoms with Crippen molar-refractivity contribution in [1.82, 2.24) is 4.90 Å². The van der Waals surface area contributed by atoms with Crippen LogP contribution in [0, 0.1) is 0 Å². The average Bonchev–Trinajstić information content (AvgIpc) is 3.10. The SMILES string of the molecule is COc1ccc(NC(=O)[C@H](c2ccccc2)N2CCCC2)cc1Cl. The highest BCUT2D eigenvalue weighted by atomic mass is 35.5. The van der Waals surface area contributed by atoms with Crippen LogP contribution in [0.15, 0.2) is 48.5 Å². The predicted octanol–water partition coefficient (Wildman–Crippen LogP) is 4.12. The topological polar surface area (TPSA) is 41.6 Å². The van der Waals surface area contributed by atoms with Crippen molar-refractivity contribution >= 4 is 23.2 Å². The fraction of sp³-hybridized carbons (Fsp3) is 0.316. The second kappa shape index (κ2) is 7.69. The maximum absolute atomic E-state index is 12.9. The minimum Gasteiger partial charge on any atom is -0.495 e. The number of likely N-dealkylation sites (tertiary alicyclic amines) is 1. The first kappa shape index (κ1) is 16.8. The molecule has 1 heterocycles. The zero-order chi connectivity index (χ0) is 16.9. The van der Waals surface area contributed by atoms with E-state index in [9.17, 15) is 4.79 Å². The molecule has 0 bridgehead atoms. The first-order valence-electron chi connectivity index (χ1n) is 8.12. The number of nitrogens with one attached hydrogen (secondary N) is 1. The van der Waals surface area contributed by atoms with Crippen LogP contribution in [-0.4, -0.2) is 31.0 Å². The fourth-order valence-electron chi connectivity index (χ4n) is 3.12. The standard InChI is InChI=1S/C19H21ClN2O2/c1-24-17-10-9-15(13-16(17)20)21-19(23)18(22-11-5-6-12-22)14-7-3-2-4-8-14/h2-4,7-10,13,18H,5-6,11-12H2,1H3,(H,21,23)/t18-/m0/s1. The third-order valence-electron chi connectivity index (χ3n) is 4.29. The van der Waals surface area contributed by atoms with Gasteiger partial charge in [0.1, 0.15) is 11.8 Å². The maximum atomic E-state index is 12.9. The van der Waals surface area contributed by atoms with Crippen LogP contribution in [0.25, 0.3) is 0 Å². The summed E-state index contributed by atoms with van der Waals surface area (Å²) in [6.45, 7) is 1.88. The number of methoxy groups -OCH3 is 1. The highest BCUT2D eigenvalue weighted by Crippen LogP contribution is 2.30. The van der Waals surface area contributed by atoms with Gasteiger partial charge in [0.2, 0.25) is 5.91 Å². The van der Waals surface area contributed by atoms with Gasteiger partial charge in [-0.2, -0.15) is 0 Å². The third-order valence-corrected chi connectivity index (χ3v) is 4.58. The van der Waals surface area contributed by atoms with Gasteiger partial charge in [-0.15, -0.1) is 0 Å². The van der Waals surface area contributed by atoms with Gasteiger partial charge >= 0.3 is 0 Å². The van der Waals surface area contributed by atoms with Crippen LogP contribution in [0.2, 0.25) is 5.02 Å². The van der Waals surface area contributed by atoms with Crippen molar-refractivity contribution in [3.05, 3.63) is 59.1 Å². The van der Waals surface area contributed by atoms with Gasteiger partial charge in [0, 0.05) is 5.69 Å². The van der Waals surface area contributed by atoms with E-state index in [1.165, 1.54) is 0 Å². The molecule has 1 fully saturated rings. The summed E-state index contributed by atoms with van der Waals surface area (Å²) in [4.78, 5) is 15.2. The van der Waals surface area contributed by atoms with Gasteiger partial charge in [0.15, 0.2) is 0 Å². The van der Waals surface area contributed by atoms with E-state index in [0.717, 1.165) is 31.5 Å². The molecule has 4 nitrogen and oxygen atoms in total. The Hall–Kier alpha value is -2.04. The molecule has 24 heavy (non-hydrogen) atoms. The number of carbonyl (C=O) groups excluding carboxylic acids is 1. The number of rotatable bonds is 5. The van der Waals surface area contributed by atoms with E-state index in [2.05, 4.69) is 10.2 Å². The molecule has 0 unspecified atom stereocenters. The number of nitrogens with zero attached hydrogens (tertiary/aromatic N) is 1. The van der Waals surface area contributed by atoms with Crippen LogP contribution in [-0.2, 0) is 4.79 Å². The van der Waals surface area contributed by atoms with Crippen molar-refractivity contribution in [3.8, 4) is 5.75 Å². The summed E-state index contributed by atoms with van der Waals surface area (Å²) >= 11 is 6.15.